The van der Waals surface area contributed by atoms with Crippen LogP contribution < -0.4 is 11.3 Å². The van der Waals surface area contributed by atoms with Gasteiger partial charge in [0.2, 0.25) is 0 Å². The Morgan fingerprint density at radius 1 is 1.71 bits per heavy atom. The number of nitrogens with one attached hydrogen (secondary N) is 1. The van der Waals surface area contributed by atoms with E-state index in [2.05, 4.69) is 23.9 Å². The number of hydrogen-bond acceptors (Lipinski definition) is 3. The molecule has 1 unspecified atom stereocenters. The van der Waals surface area contributed by atoms with Crippen molar-refractivity contribution in [3.8, 4) is 0 Å². The Kier molecular flexibility index (Phi) is 4.29. The van der Waals surface area contributed by atoms with Gasteiger partial charge in [-0.25, -0.2) is 0 Å². The number of aromatic nitrogens is 1. The number of nitrogens with zero attached hydrogens (tertiary/aromatic N) is 1. The molecule has 0 saturated carbocycles. The van der Waals surface area contributed by atoms with Crippen LogP contribution >= 0.6 is 0 Å². The van der Waals surface area contributed by atoms with Crippen molar-refractivity contribution in [1.29, 1.82) is 0 Å². The van der Waals surface area contributed by atoms with Gasteiger partial charge in [0.25, 0.3) is 0 Å². The molecule has 0 bridgehead atoms. The Morgan fingerprint density at radius 2 is 2.50 bits per heavy atom. The molecule has 0 amide bonds. The lowest BCUT2D eigenvalue weighted by Crippen LogP contribution is -2.28. The first kappa shape index (κ1) is 10.9. The molecule has 0 spiro atoms. The van der Waals surface area contributed by atoms with Crippen LogP contribution in [0.4, 0.5) is 0 Å². The Bertz CT molecular complexity index is 282. The molecule has 3 nitrogen and oxygen atoms in total. The molecule has 1 aromatic rings. The van der Waals surface area contributed by atoms with Crippen LogP contribution in [0.5, 0.6) is 0 Å². The molecule has 0 aliphatic carbocycles. The fourth-order valence-corrected chi connectivity index (χ4v) is 1.29. The summed E-state index contributed by atoms with van der Waals surface area (Å²) in [5.74, 6) is 5.49. The molecular weight excluding hydrogens is 174 g/mol. The lowest BCUT2D eigenvalue weighted by molar-refractivity contribution is 0.543. The predicted molar refractivity (Wildman–Crippen MR) is 58.3 cm³/mol. The van der Waals surface area contributed by atoms with E-state index in [1.807, 2.05) is 18.3 Å². The molecule has 1 rings (SSSR count). The van der Waals surface area contributed by atoms with Gasteiger partial charge in [0, 0.05) is 12.4 Å². The summed E-state index contributed by atoms with van der Waals surface area (Å²) in [6.45, 7) is 6.07. The maximum absolute atomic E-state index is 5.49. The van der Waals surface area contributed by atoms with Crippen molar-refractivity contribution in [1.82, 2.24) is 10.4 Å². The number of nitrogens with two attached hydrogens (primary N) is 1. The lowest BCUT2D eigenvalue weighted by atomic mass is 10.0. The minimum atomic E-state index is 0.121. The molecule has 0 aliphatic heterocycles. The van der Waals surface area contributed by atoms with Crippen molar-refractivity contribution in [3.05, 3.63) is 42.2 Å². The van der Waals surface area contributed by atoms with Crippen LogP contribution in [-0.4, -0.2) is 4.98 Å². The first-order valence-corrected chi connectivity index (χ1v) is 4.80. The molecule has 0 aliphatic rings. The molecule has 0 saturated heterocycles. The van der Waals surface area contributed by atoms with Crippen molar-refractivity contribution in [2.75, 3.05) is 0 Å². The van der Waals surface area contributed by atoms with Gasteiger partial charge in [-0.15, -0.1) is 0 Å². The largest absolute Gasteiger partial charge is 0.271 e. The normalized spacial score (nSPS) is 12.4. The van der Waals surface area contributed by atoms with Crippen molar-refractivity contribution in [2.45, 2.75) is 25.8 Å². The molecule has 14 heavy (non-hydrogen) atoms. The molecule has 0 radical (unpaired) electrons. The summed E-state index contributed by atoms with van der Waals surface area (Å²) in [4.78, 5) is 4.06. The highest BCUT2D eigenvalue weighted by Crippen LogP contribution is 2.19. The van der Waals surface area contributed by atoms with Crippen LogP contribution in [-0.2, 0) is 0 Å². The summed E-state index contributed by atoms with van der Waals surface area (Å²) < 4.78 is 0. The van der Waals surface area contributed by atoms with Crippen molar-refractivity contribution in [3.63, 3.8) is 0 Å². The Hall–Kier alpha value is -1.19. The van der Waals surface area contributed by atoms with Crippen molar-refractivity contribution >= 4 is 0 Å². The van der Waals surface area contributed by atoms with E-state index in [9.17, 15) is 0 Å². The van der Waals surface area contributed by atoms with E-state index in [1.54, 1.807) is 6.20 Å². The topological polar surface area (TPSA) is 50.9 Å². The minimum Gasteiger partial charge on any atom is -0.271 e. The molecule has 1 aromatic heterocycles. The third kappa shape index (κ3) is 2.94. The predicted octanol–water partition coefficient (Wildman–Crippen LogP) is 1.94. The van der Waals surface area contributed by atoms with E-state index >= 15 is 0 Å². The van der Waals surface area contributed by atoms with Gasteiger partial charge in [-0.2, -0.15) is 0 Å². The van der Waals surface area contributed by atoms with Crippen LogP contribution in [0.1, 0.15) is 31.4 Å². The second kappa shape index (κ2) is 5.52. The minimum absolute atomic E-state index is 0.121. The van der Waals surface area contributed by atoms with Gasteiger partial charge in [0.15, 0.2) is 0 Å². The standard InChI is InChI=1S/C11H17N3/c1-3-9(2)7-11(14-12)10-5-4-6-13-8-10/h4-6,8,11,14H,2-3,7,12H2,1H3. The quantitative estimate of drug-likeness (QED) is 0.425. The molecule has 3 heteroatoms. The molecular formula is C11H17N3. The molecule has 1 atom stereocenters. The summed E-state index contributed by atoms with van der Waals surface area (Å²) in [6.07, 6.45) is 5.43. The highest BCUT2D eigenvalue weighted by atomic mass is 15.2. The number of rotatable bonds is 5. The van der Waals surface area contributed by atoms with Crippen molar-refractivity contribution < 1.29 is 0 Å². The van der Waals surface area contributed by atoms with Gasteiger partial charge in [-0.1, -0.05) is 25.1 Å². The first-order valence-electron chi connectivity index (χ1n) is 4.80. The third-order valence-electron chi connectivity index (χ3n) is 2.28. The Balaban J connectivity index is 2.68. The van der Waals surface area contributed by atoms with Crippen molar-refractivity contribution in [2.24, 2.45) is 5.84 Å². The Labute approximate surface area is 85.0 Å². The number of hydrogen-bond donors (Lipinski definition) is 2. The highest BCUT2D eigenvalue weighted by molar-refractivity contribution is 5.16. The third-order valence-corrected chi connectivity index (χ3v) is 2.28. The zero-order valence-electron chi connectivity index (χ0n) is 8.53. The fraction of sp³-hybridized carbons (Fsp3) is 0.364. The Morgan fingerprint density at radius 3 is 3.00 bits per heavy atom. The van der Waals surface area contributed by atoms with Gasteiger partial charge >= 0.3 is 0 Å². The summed E-state index contributed by atoms with van der Waals surface area (Å²) in [6, 6.07) is 4.05. The van der Waals surface area contributed by atoms with Gasteiger partial charge in [-0.3, -0.25) is 16.3 Å². The van der Waals surface area contributed by atoms with Crippen LogP contribution in [0.15, 0.2) is 36.7 Å². The molecule has 0 aromatic carbocycles. The summed E-state index contributed by atoms with van der Waals surface area (Å²) in [7, 11) is 0. The zero-order valence-corrected chi connectivity index (χ0v) is 8.53. The van der Waals surface area contributed by atoms with Gasteiger partial charge in [-0.05, 0) is 24.5 Å². The van der Waals surface area contributed by atoms with Crippen LogP contribution in [0.3, 0.4) is 0 Å². The summed E-state index contributed by atoms with van der Waals surface area (Å²) in [5, 5.41) is 0. The smallest absolute Gasteiger partial charge is 0.0512 e. The summed E-state index contributed by atoms with van der Waals surface area (Å²) in [5.41, 5.74) is 5.08. The van der Waals surface area contributed by atoms with Crippen LogP contribution in [0, 0.1) is 0 Å². The van der Waals surface area contributed by atoms with E-state index < -0.39 is 0 Å². The lowest BCUT2D eigenvalue weighted by Gasteiger charge is -2.16. The van der Waals surface area contributed by atoms with E-state index in [4.69, 9.17) is 5.84 Å². The van der Waals surface area contributed by atoms with Gasteiger partial charge < -0.3 is 0 Å². The highest BCUT2D eigenvalue weighted by Gasteiger charge is 2.09. The monoisotopic (exact) mass is 191 g/mol. The SMILES string of the molecule is C=C(CC)CC(NN)c1cccnc1. The number of pyridine rings is 1. The average Bonchev–Trinajstić information content (AvgIpc) is 2.26. The van der Waals surface area contributed by atoms with E-state index in [1.165, 1.54) is 5.57 Å². The van der Waals surface area contributed by atoms with Gasteiger partial charge in [0.05, 0.1) is 6.04 Å². The second-order valence-corrected chi connectivity index (χ2v) is 3.31. The summed E-state index contributed by atoms with van der Waals surface area (Å²) >= 11 is 0. The van der Waals surface area contributed by atoms with E-state index in [0.717, 1.165) is 18.4 Å². The van der Waals surface area contributed by atoms with E-state index in [0.29, 0.717) is 0 Å². The molecule has 3 N–H and O–H groups in total. The second-order valence-electron chi connectivity index (χ2n) is 3.31. The zero-order chi connectivity index (χ0) is 10.4. The van der Waals surface area contributed by atoms with Gasteiger partial charge in [0.1, 0.15) is 0 Å². The first-order chi connectivity index (χ1) is 6.77. The number of hydrazine groups is 1. The van der Waals surface area contributed by atoms with E-state index in [-0.39, 0.29) is 6.04 Å². The molecule has 0 fully saturated rings. The maximum atomic E-state index is 5.49. The maximum Gasteiger partial charge on any atom is 0.0512 e. The van der Waals surface area contributed by atoms with Crippen LogP contribution in [0.25, 0.3) is 0 Å². The van der Waals surface area contributed by atoms with Crippen LogP contribution in [0.2, 0.25) is 0 Å². The fourth-order valence-electron chi connectivity index (χ4n) is 1.29. The molecule has 76 valence electrons. The molecule has 1 heterocycles. The average molecular weight is 191 g/mol.